The van der Waals surface area contributed by atoms with Crippen LogP contribution < -0.4 is 10.1 Å². The molecule has 4 aromatic rings. The van der Waals surface area contributed by atoms with Crippen molar-refractivity contribution in [3.8, 4) is 34.2 Å². The molecule has 0 bridgehead atoms. The Morgan fingerprint density at radius 3 is 2.58 bits per heavy atom. The molecule has 33 heavy (non-hydrogen) atoms. The van der Waals surface area contributed by atoms with E-state index in [-0.39, 0.29) is 34.7 Å². The van der Waals surface area contributed by atoms with Gasteiger partial charge >= 0.3 is 12.3 Å². The van der Waals surface area contributed by atoms with Crippen molar-refractivity contribution in [2.75, 3.05) is 0 Å². The van der Waals surface area contributed by atoms with Crippen LogP contribution in [0.1, 0.15) is 18.6 Å². The number of amides is 1. The van der Waals surface area contributed by atoms with Crippen molar-refractivity contribution in [1.82, 2.24) is 30.0 Å². The van der Waals surface area contributed by atoms with Gasteiger partial charge in [-0.1, -0.05) is 35.5 Å². The number of alkyl halides is 3. The van der Waals surface area contributed by atoms with Crippen molar-refractivity contribution < 1.29 is 27.2 Å². The number of imidazole rings is 1. The number of nitrogens with zero attached hydrogens (tertiary/aromatic N) is 5. The average molecular weight is 456 g/mol. The van der Waals surface area contributed by atoms with Crippen molar-refractivity contribution in [1.29, 1.82) is 0 Å². The lowest BCUT2D eigenvalue weighted by molar-refractivity contribution is -0.154. The largest absolute Gasteiger partial charge is 0.453 e. The molecule has 0 atom stereocenters. The molecule has 0 unspecified atom stereocenters. The van der Waals surface area contributed by atoms with Gasteiger partial charge in [0.1, 0.15) is 12.0 Å². The molecule has 1 amide bonds. The second-order valence-corrected chi connectivity index (χ2v) is 7.29. The van der Waals surface area contributed by atoms with E-state index in [2.05, 4.69) is 29.9 Å². The van der Waals surface area contributed by atoms with Crippen molar-refractivity contribution >= 4 is 6.09 Å². The summed E-state index contributed by atoms with van der Waals surface area (Å²) in [6, 6.07) is 8.50. The van der Waals surface area contributed by atoms with Crippen LogP contribution in [0.25, 0.3) is 28.3 Å². The molecule has 12 heteroatoms. The first-order valence-electron chi connectivity index (χ1n) is 9.86. The molecule has 0 spiro atoms. The Bertz CT molecular complexity index is 1280. The van der Waals surface area contributed by atoms with Crippen LogP contribution in [0.5, 0.6) is 5.88 Å². The Morgan fingerprint density at radius 2 is 1.91 bits per heavy atom. The second kappa shape index (κ2) is 8.04. The molecule has 1 aromatic carbocycles. The van der Waals surface area contributed by atoms with Gasteiger partial charge in [0, 0.05) is 17.8 Å². The summed E-state index contributed by atoms with van der Waals surface area (Å²) >= 11 is 0. The predicted molar refractivity (Wildman–Crippen MR) is 107 cm³/mol. The van der Waals surface area contributed by atoms with Crippen LogP contribution in [0, 0.1) is 0 Å². The Kier molecular flexibility index (Phi) is 5.04. The first kappa shape index (κ1) is 20.7. The maximum absolute atomic E-state index is 13.6. The van der Waals surface area contributed by atoms with Crippen molar-refractivity contribution in [2.45, 2.75) is 25.1 Å². The van der Waals surface area contributed by atoms with Gasteiger partial charge in [0.25, 0.3) is 0 Å². The highest BCUT2D eigenvalue weighted by Crippen LogP contribution is 2.42. The quantitative estimate of drug-likeness (QED) is 0.478. The van der Waals surface area contributed by atoms with E-state index in [4.69, 9.17) is 4.74 Å². The number of nitrogens with one attached hydrogen (secondary N) is 1. The van der Waals surface area contributed by atoms with E-state index in [1.807, 2.05) is 0 Å². The fourth-order valence-corrected chi connectivity index (χ4v) is 3.11. The predicted octanol–water partition coefficient (Wildman–Crippen LogP) is 4.25. The molecule has 3 heterocycles. The molecule has 0 aliphatic heterocycles. The SMILES string of the molecule is O=C(NC1CC1)Oc1cnc(-n2cnc(-c3c(-c4ccccc4)noc3C(F)(F)F)c2)cn1. The minimum Gasteiger partial charge on any atom is -0.390 e. The van der Waals surface area contributed by atoms with Crippen LogP contribution in [-0.4, -0.2) is 36.8 Å². The van der Waals surface area contributed by atoms with Gasteiger partial charge < -0.3 is 14.6 Å². The van der Waals surface area contributed by atoms with Gasteiger partial charge in [-0.3, -0.25) is 4.57 Å². The fraction of sp³-hybridized carbons (Fsp3) is 0.190. The van der Waals surface area contributed by atoms with Gasteiger partial charge in [-0.25, -0.2) is 19.7 Å². The summed E-state index contributed by atoms with van der Waals surface area (Å²) in [4.78, 5) is 23.9. The summed E-state index contributed by atoms with van der Waals surface area (Å²) < 4.78 is 51.9. The number of hydrogen-bond donors (Lipinski definition) is 1. The first-order valence-corrected chi connectivity index (χ1v) is 9.86. The number of rotatable bonds is 5. The zero-order chi connectivity index (χ0) is 23.0. The van der Waals surface area contributed by atoms with Crippen molar-refractivity contribution in [3.63, 3.8) is 0 Å². The zero-order valence-electron chi connectivity index (χ0n) is 16.8. The summed E-state index contributed by atoms with van der Waals surface area (Å²) in [5.41, 5.74) is 0.183. The van der Waals surface area contributed by atoms with Crippen LogP contribution in [0.2, 0.25) is 0 Å². The normalized spacial score (nSPS) is 13.7. The lowest BCUT2D eigenvalue weighted by atomic mass is 10.0. The Morgan fingerprint density at radius 1 is 1.12 bits per heavy atom. The van der Waals surface area contributed by atoms with Crippen LogP contribution in [-0.2, 0) is 6.18 Å². The van der Waals surface area contributed by atoms with Crippen LogP contribution in [0.15, 0.2) is 59.8 Å². The third-order valence-corrected chi connectivity index (χ3v) is 4.81. The highest BCUT2D eigenvalue weighted by molar-refractivity contribution is 5.80. The number of carbonyl (C=O) groups is 1. The molecule has 1 fully saturated rings. The van der Waals surface area contributed by atoms with E-state index < -0.39 is 18.0 Å². The van der Waals surface area contributed by atoms with Crippen molar-refractivity contribution in [2.24, 2.45) is 0 Å². The third-order valence-electron chi connectivity index (χ3n) is 4.81. The van der Waals surface area contributed by atoms with Gasteiger partial charge in [0.2, 0.25) is 11.6 Å². The summed E-state index contributed by atoms with van der Waals surface area (Å²) in [7, 11) is 0. The minimum absolute atomic E-state index is 0.00614. The molecule has 1 aliphatic carbocycles. The molecule has 5 rings (SSSR count). The lowest BCUT2D eigenvalue weighted by Gasteiger charge is -2.06. The molecular weight excluding hydrogens is 441 g/mol. The van der Waals surface area contributed by atoms with E-state index in [9.17, 15) is 18.0 Å². The average Bonchev–Trinajstić information content (AvgIpc) is 3.28. The molecule has 9 nitrogen and oxygen atoms in total. The van der Waals surface area contributed by atoms with E-state index in [0.717, 1.165) is 12.8 Å². The molecule has 0 saturated heterocycles. The van der Waals surface area contributed by atoms with Crippen LogP contribution in [0.4, 0.5) is 18.0 Å². The summed E-state index contributed by atoms with van der Waals surface area (Å²) in [5.74, 6) is -1.000. The number of ether oxygens (including phenoxy) is 1. The number of benzene rings is 1. The van der Waals surface area contributed by atoms with Gasteiger partial charge in [-0.2, -0.15) is 13.2 Å². The Hall–Kier alpha value is -4.22. The first-order chi connectivity index (χ1) is 15.9. The second-order valence-electron chi connectivity index (χ2n) is 7.29. The molecule has 3 aromatic heterocycles. The summed E-state index contributed by atoms with van der Waals surface area (Å²) in [6.07, 6.45) is 1.64. The van der Waals surface area contributed by atoms with Gasteiger partial charge in [-0.05, 0) is 12.8 Å². The molecule has 1 aliphatic rings. The molecule has 168 valence electrons. The standard InChI is InChI=1S/C21H15F3N6O3/c22-21(23,24)19-17(18(29-33-19)12-4-2-1-3-5-12)14-10-30(11-27-14)15-8-26-16(9-25-15)32-20(31)28-13-6-7-13/h1-5,8-11,13H,6-7H2,(H,28,31). The maximum atomic E-state index is 13.6. The maximum Gasteiger partial charge on any atom is 0.453 e. The third kappa shape index (κ3) is 4.40. The fourth-order valence-electron chi connectivity index (χ4n) is 3.11. The molecule has 1 N–H and O–H groups in total. The highest BCUT2D eigenvalue weighted by Gasteiger charge is 2.41. The van der Waals surface area contributed by atoms with Gasteiger partial charge in [0.05, 0.1) is 23.7 Å². The monoisotopic (exact) mass is 456 g/mol. The molecular formula is C21H15F3N6O3. The Labute approximate surface area is 184 Å². The van der Waals surface area contributed by atoms with Gasteiger partial charge in [-0.15, -0.1) is 0 Å². The number of carbonyl (C=O) groups excluding carboxylic acids is 1. The summed E-state index contributed by atoms with van der Waals surface area (Å²) in [6.45, 7) is 0. The zero-order valence-corrected chi connectivity index (χ0v) is 16.8. The van der Waals surface area contributed by atoms with E-state index >= 15 is 0 Å². The minimum atomic E-state index is -4.76. The highest BCUT2D eigenvalue weighted by atomic mass is 19.4. The molecule has 1 saturated carbocycles. The number of hydrogen-bond acceptors (Lipinski definition) is 7. The van der Waals surface area contributed by atoms with Crippen molar-refractivity contribution in [3.05, 3.63) is 61.0 Å². The van der Waals surface area contributed by atoms with E-state index in [0.29, 0.717) is 5.56 Å². The smallest absolute Gasteiger partial charge is 0.390 e. The van der Waals surface area contributed by atoms with E-state index in [1.54, 1.807) is 30.3 Å². The summed E-state index contributed by atoms with van der Waals surface area (Å²) in [5, 5.41) is 6.30. The lowest BCUT2D eigenvalue weighted by Crippen LogP contribution is -2.28. The number of aromatic nitrogens is 5. The van der Waals surface area contributed by atoms with E-state index in [1.165, 1.54) is 29.5 Å². The van der Waals surface area contributed by atoms with Gasteiger partial charge in [0.15, 0.2) is 5.82 Å². The van der Waals surface area contributed by atoms with Crippen LogP contribution >= 0.6 is 0 Å². The molecule has 0 radical (unpaired) electrons. The topological polar surface area (TPSA) is 108 Å². The number of halogens is 3. The Balaban J connectivity index is 1.44. The van der Waals surface area contributed by atoms with Crippen LogP contribution in [0.3, 0.4) is 0 Å².